The fraction of sp³-hybridized carbons (Fsp3) is 0.174. The van der Waals surface area contributed by atoms with Gasteiger partial charge in [-0.15, -0.1) is 0 Å². The zero-order valence-corrected chi connectivity index (χ0v) is 16.5. The Morgan fingerprint density at radius 2 is 1.62 bits per heavy atom. The average molecular weight is 408 g/mol. The second-order valence-electron chi connectivity index (χ2n) is 6.75. The number of hydrogen-bond acceptors (Lipinski definition) is 5. The third-order valence-electron chi connectivity index (χ3n) is 4.94. The highest BCUT2D eigenvalue weighted by Gasteiger charge is 2.29. The molecule has 0 saturated heterocycles. The first-order valence-electron chi connectivity index (χ1n) is 9.30. The van der Waals surface area contributed by atoms with Gasteiger partial charge in [0.05, 0.1) is 12.8 Å². The van der Waals surface area contributed by atoms with Crippen LogP contribution in [-0.2, 0) is 4.74 Å². The number of methoxy groups -OCH3 is 1. The average Bonchev–Trinajstić information content (AvgIpc) is 2.77. The van der Waals surface area contributed by atoms with Gasteiger partial charge in [-0.1, -0.05) is 23.7 Å². The molecule has 5 rings (SSSR count). The van der Waals surface area contributed by atoms with Gasteiger partial charge >= 0.3 is 0 Å². The van der Waals surface area contributed by atoms with Gasteiger partial charge < -0.3 is 18.9 Å². The maximum Gasteiger partial charge on any atom is 0.222 e. The molecule has 6 heteroatoms. The van der Waals surface area contributed by atoms with Crippen LogP contribution >= 0.6 is 11.6 Å². The Kier molecular flexibility index (Phi) is 4.52. The number of ether oxygens (including phenoxy) is 4. The summed E-state index contributed by atoms with van der Waals surface area (Å²) in [5.41, 5.74) is 3.57. The van der Waals surface area contributed by atoms with Crippen molar-refractivity contribution < 1.29 is 18.9 Å². The van der Waals surface area contributed by atoms with Crippen molar-refractivity contribution in [3.8, 4) is 17.2 Å². The summed E-state index contributed by atoms with van der Waals surface area (Å²) in [6, 6.07) is 19.1. The van der Waals surface area contributed by atoms with Crippen molar-refractivity contribution in [2.45, 2.75) is 6.10 Å². The van der Waals surface area contributed by atoms with E-state index in [2.05, 4.69) is 0 Å². The molecule has 0 fully saturated rings. The summed E-state index contributed by atoms with van der Waals surface area (Å²) in [4.78, 5) is 4.75. The summed E-state index contributed by atoms with van der Waals surface area (Å²) >= 11 is 6.04. The van der Waals surface area contributed by atoms with Crippen LogP contribution in [0.1, 0.15) is 22.8 Å². The molecule has 2 heterocycles. The molecular weight excluding hydrogens is 390 g/mol. The summed E-state index contributed by atoms with van der Waals surface area (Å²) < 4.78 is 23.2. The minimum absolute atomic E-state index is 0.338. The van der Waals surface area contributed by atoms with Crippen LogP contribution in [-0.4, -0.2) is 26.2 Å². The SMILES string of the molecule is COc1ccc([C@@H]2OC(c3ccc(Cl)cc3)=Nc3cc4c(cc32)OCCO4)cc1. The van der Waals surface area contributed by atoms with Crippen molar-refractivity contribution in [1.29, 1.82) is 0 Å². The van der Waals surface area contributed by atoms with E-state index in [9.17, 15) is 0 Å². The number of fused-ring (bicyclic) bond motifs is 2. The van der Waals surface area contributed by atoms with Crippen molar-refractivity contribution in [2.75, 3.05) is 20.3 Å². The Balaban J connectivity index is 1.63. The largest absolute Gasteiger partial charge is 0.497 e. The smallest absolute Gasteiger partial charge is 0.222 e. The molecule has 0 saturated carbocycles. The normalized spacial score (nSPS) is 17.0. The molecule has 3 aromatic rings. The molecule has 2 aliphatic rings. The maximum absolute atomic E-state index is 6.36. The predicted molar refractivity (Wildman–Crippen MR) is 111 cm³/mol. The van der Waals surface area contributed by atoms with Gasteiger partial charge in [-0.3, -0.25) is 0 Å². The summed E-state index contributed by atoms with van der Waals surface area (Å²) in [7, 11) is 1.65. The number of halogens is 1. The third-order valence-corrected chi connectivity index (χ3v) is 5.19. The van der Waals surface area contributed by atoms with Crippen molar-refractivity contribution in [2.24, 2.45) is 4.99 Å². The number of hydrogen-bond donors (Lipinski definition) is 0. The van der Waals surface area contributed by atoms with E-state index in [0.717, 1.165) is 28.1 Å². The lowest BCUT2D eigenvalue weighted by Crippen LogP contribution is -2.20. The molecule has 29 heavy (non-hydrogen) atoms. The van der Waals surface area contributed by atoms with Gasteiger partial charge in [-0.25, -0.2) is 4.99 Å². The van der Waals surface area contributed by atoms with Crippen LogP contribution in [0.15, 0.2) is 65.7 Å². The minimum atomic E-state index is -0.338. The Labute approximate surface area is 173 Å². The Morgan fingerprint density at radius 1 is 0.931 bits per heavy atom. The van der Waals surface area contributed by atoms with Gasteiger partial charge in [0.15, 0.2) is 17.6 Å². The van der Waals surface area contributed by atoms with Gasteiger partial charge in [-0.05, 0) is 48.0 Å². The molecule has 0 radical (unpaired) electrons. The van der Waals surface area contributed by atoms with E-state index in [0.29, 0.717) is 35.6 Å². The number of benzene rings is 3. The van der Waals surface area contributed by atoms with Crippen LogP contribution in [0, 0.1) is 0 Å². The molecule has 1 atom stereocenters. The van der Waals surface area contributed by atoms with Gasteiger partial charge in [0.1, 0.15) is 19.0 Å². The van der Waals surface area contributed by atoms with Crippen molar-refractivity contribution >= 4 is 23.2 Å². The molecular formula is C23H18ClNO4. The molecule has 0 spiro atoms. The van der Waals surface area contributed by atoms with Gasteiger partial charge in [0.2, 0.25) is 5.90 Å². The summed E-state index contributed by atoms with van der Waals surface area (Å²) in [5, 5.41) is 0.664. The first-order valence-corrected chi connectivity index (χ1v) is 9.68. The van der Waals surface area contributed by atoms with E-state index in [1.165, 1.54) is 0 Å². The topological polar surface area (TPSA) is 49.3 Å². The molecule has 0 unspecified atom stereocenters. The lowest BCUT2D eigenvalue weighted by Gasteiger charge is -2.29. The molecule has 146 valence electrons. The molecule has 3 aromatic carbocycles. The second-order valence-corrected chi connectivity index (χ2v) is 7.19. The number of rotatable bonds is 3. The van der Waals surface area contributed by atoms with Gasteiger partial charge in [-0.2, -0.15) is 0 Å². The lowest BCUT2D eigenvalue weighted by atomic mass is 9.97. The molecule has 0 bridgehead atoms. The summed E-state index contributed by atoms with van der Waals surface area (Å²) in [6.07, 6.45) is -0.338. The zero-order chi connectivity index (χ0) is 19.8. The standard InChI is InChI=1S/C23H18ClNO4/c1-26-17-8-4-14(5-9-17)22-18-12-20-21(28-11-10-27-20)13-19(18)25-23(29-22)15-2-6-16(24)7-3-15/h2-9,12-13,22H,10-11H2,1H3/t22-/m0/s1. The first kappa shape index (κ1) is 17.9. The molecule has 2 aliphatic heterocycles. The third kappa shape index (κ3) is 3.38. The second kappa shape index (κ2) is 7.33. The van der Waals surface area contributed by atoms with Gasteiger partial charge in [0, 0.05) is 22.2 Å². The highest BCUT2D eigenvalue weighted by atomic mass is 35.5. The quantitative estimate of drug-likeness (QED) is 0.589. The molecule has 0 amide bonds. The van der Waals surface area contributed by atoms with E-state index < -0.39 is 0 Å². The lowest BCUT2D eigenvalue weighted by molar-refractivity contribution is 0.170. The number of nitrogens with zero attached hydrogens (tertiary/aromatic N) is 1. The number of aliphatic imine (C=N–C) groups is 1. The zero-order valence-electron chi connectivity index (χ0n) is 15.7. The molecule has 0 aliphatic carbocycles. The minimum Gasteiger partial charge on any atom is -0.497 e. The molecule has 0 aromatic heterocycles. The fourth-order valence-corrected chi connectivity index (χ4v) is 3.59. The van der Waals surface area contributed by atoms with Crippen molar-refractivity contribution in [1.82, 2.24) is 0 Å². The predicted octanol–water partition coefficient (Wildman–Crippen LogP) is 5.32. The van der Waals surface area contributed by atoms with E-state index in [-0.39, 0.29) is 6.10 Å². The fourth-order valence-electron chi connectivity index (χ4n) is 3.46. The highest BCUT2D eigenvalue weighted by molar-refractivity contribution is 6.30. The van der Waals surface area contributed by atoms with Crippen LogP contribution in [0.2, 0.25) is 5.02 Å². The van der Waals surface area contributed by atoms with Crippen molar-refractivity contribution in [3.05, 3.63) is 82.4 Å². The van der Waals surface area contributed by atoms with E-state index in [1.807, 2.05) is 60.7 Å². The van der Waals surface area contributed by atoms with E-state index >= 15 is 0 Å². The van der Waals surface area contributed by atoms with Crippen LogP contribution in [0.5, 0.6) is 17.2 Å². The van der Waals surface area contributed by atoms with E-state index in [1.54, 1.807) is 7.11 Å². The van der Waals surface area contributed by atoms with Crippen LogP contribution in [0.25, 0.3) is 0 Å². The highest BCUT2D eigenvalue weighted by Crippen LogP contribution is 2.45. The van der Waals surface area contributed by atoms with Crippen molar-refractivity contribution in [3.63, 3.8) is 0 Å². The van der Waals surface area contributed by atoms with E-state index in [4.69, 9.17) is 35.5 Å². The van der Waals surface area contributed by atoms with Crippen LogP contribution in [0.4, 0.5) is 5.69 Å². The monoisotopic (exact) mass is 407 g/mol. The Bertz CT molecular complexity index is 1080. The molecule has 0 N–H and O–H groups in total. The summed E-state index contributed by atoms with van der Waals surface area (Å²) in [6.45, 7) is 1.05. The maximum atomic E-state index is 6.36. The molecule has 5 nitrogen and oxygen atoms in total. The Morgan fingerprint density at radius 3 is 2.31 bits per heavy atom. The summed E-state index contributed by atoms with van der Waals surface area (Å²) in [5.74, 6) is 2.73. The van der Waals surface area contributed by atoms with Crippen LogP contribution in [0.3, 0.4) is 0 Å². The van der Waals surface area contributed by atoms with Crippen LogP contribution < -0.4 is 14.2 Å². The first-order chi connectivity index (χ1) is 14.2. The Hall–Kier alpha value is -3.18. The van der Waals surface area contributed by atoms with Gasteiger partial charge in [0.25, 0.3) is 0 Å².